The van der Waals surface area contributed by atoms with Gasteiger partial charge in [-0.2, -0.15) is 0 Å². The fourth-order valence-electron chi connectivity index (χ4n) is 2.35. The Morgan fingerprint density at radius 3 is 2.38 bits per heavy atom. The van der Waals surface area contributed by atoms with Gasteiger partial charge in [-0.3, -0.25) is 0 Å². The fraction of sp³-hybridized carbons (Fsp3) is 0.294. The summed E-state index contributed by atoms with van der Waals surface area (Å²) in [6.07, 6.45) is -0.0328. The molecule has 1 N–H and O–H groups in total. The maximum absolute atomic E-state index is 10.5. The van der Waals surface area contributed by atoms with Gasteiger partial charge in [-0.05, 0) is 47.9 Å². The quantitative estimate of drug-likeness (QED) is 0.883. The number of aryl methyl sites for hydroxylation is 1. The third kappa shape index (κ3) is 3.77. The molecule has 4 heteroatoms. The third-order valence-electron chi connectivity index (χ3n) is 3.45. The molecule has 0 aliphatic carbocycles. The number of methoxy groups -OCH3 is 2. The summed E-state index contributed by atoms with van der Waals surface area (Å²) in [7, 11) is 3.20. The summed E-state index contributed by atoms with van der Waals surface area (Å²) < 4.78 is 11.6. The third-order valence-corrected chi connectivity index (χ3v) is 3.94. The largest absolute Gasteiger partial charge is 0.493 e. The van der Waals surface area contributed by atoms with Gasteiger partial charge in [0, 0.05) is 10.9 Å². The molecule has 0 radical (unpaired) electrons. The molecule has 21 heavy (non-hydrogen) atoms. The van der Waals surface area contributed by atoms with E-state index in [1.54, 1.807) is 14.2 Å². The van der Waals surface area contributed by atoms with Crippen molar-refractivity contribution in [3.8, 4) is 11.5 Å². The zero-order chi connectivity index (χ0) is 15.4. The Balaban J connectivity index is 2.28. The highest BCUT2D eigenvalue weighted by Crippen LogP contribution is 2.34. The lowest BCUT2D eigenvalue weighted by molar-refractivity contribution is 0.177. The Labute approximate surface area is 133 Å². The van der Waals surface area contributed by atoms with Crippen molar-refractivity contribution in [2.45, 2.75) is 19.4 Å². The van der Waals surface area contributed by atoms with E-state index >= 15 is 0 Å². The molecule has 2 rings (SSSR count). The number of halogens is 1. The van der Waals surface area contributed by atoms with Crippen molar-refractivity contribution in [2.24, 2.45) is 0 Å². The highest BCUT2D eigenvalue weighted by atomic mass is 79.9. The van der Waals surface area contributed by atoms with E-state index in [1.165, 1.54) is 0 Å². The van der Waals surface area contributed by atoms with E-state index < -0.39 is 6.10 Å². The minimum atomic E-state index is -0.584. The van der Waals surface area contributed by atoms with Gasteiger partial charge in [-0.1, -0.05) is 28.1 Å². The lowest BCUT2D eigenvalue weighted by Crippen LogP contribution is -2.05. The lowest BCUT2D eigenvalue weighted by atomic mass is 9.97. The second kappa shape index (κ2) is 6.96. The van der Waals surface area contributed by atoms with Gasteiger partial charge in [-0.15, -0.1) is 0 Å². The van der Waals surface area contributed by atoms with Gasteiger partial charge < -0.3 is 14.6 Å². The molecule has 0 aliphatic rings. The molecule has 0 aliphatic heterocycles. The predicted molar refractivity (Wildman–Crippen MR) is 87.1 cm³/mol. The highest BCUT2D eigenvalue weighted by molar-refractivity contribution is 9.10. The zero-order valence-corrected chi connectivity index (χ0v) is 14.0. The van der Waals surface area contributed by atoms with Gasteiger partial charge in [-0.25, -0.2) is 0 Å². The first-order chi connectivity index (χ1) is 10.0. The van der Waals surface area contributed by atoms with Crippen LogP contribution in [0.15, 0.2) is 40.9 Å². The van der Waals surface area contributed by atoms with Crippen LogP contribution in [0.25, 0.3) is 0 Å². The molecule has 0 saturated carbocycles. The first-order valence-electron chi connectivity index (χ1n) is 6.70. The molecule has 0 aromatic heterocycles. The molecule has 1 atom stereocenters. The summed E-state index contributed by atoms with van der Waals surface area (Å²) in [5.74, 6) is 1.31. The maximum Gasteiger partial charge on any atom is 0.161 e. The number of ether oxygens (including phenoxy) is 2. The molecule has 0 saturated heterocycles. The monoisotopic (exact) mass is 350 g/mol. The van der Waals surface area contributed by atoms with Crippen molar-refractivity contribution in [1.82, 2.24) is 0 Å². The van der Waals surface area contributed by atoms with Gasteiger partial charge in [0.15, 0.2) is 11.5 Å². The van der Waals surface area contributed by atoms with E-state index in [0.29, 0.717) is 17.9 Å². The highest BCUT2D eigenvalue weighted by Gasteiger charge is 2.15. The second-order valence-corrected chi connectivity index (χ2v) is 5.83. The van der Waals surface area contributed by atoms with Crippen molar-refractivity contribution in [2.75, 3.05) is 14.2 Å². The summed E-state index contributed by atoms with van der Waals surface area (Å²) in [6, 6.07) is 11.7. The Morgan fingerprint density at radius 1 is 1.10 bits per heavy atom. The molecule has 3 nitrogen and oxygen atoms in total. The van der Waals surface area contributed by atoms with Crippen LogP contribution in [0.5, 0.6) is 11.5 Å². The minimum absolute atomic E-state index is 0.551. The Bertz CT molecular complexity index is 625. The second-order valence-electron chi connectivity index (χ2n) is 4.91. The number of hydrogen-bond acceptors (Lipinski definition) is 3. The van der Waals surface area contributed by atoms with E-state index in [1.807, 2.05) is 43.3 Å². The minimum Gasteiger partial charge on any atom is -0.493 e. The number of benzene rings is 2. The Morgan fingerprint density at radius 2 is 1.76 bits per heavy atom. The lowest BCUT2D eigenvalue weighted by Gasteiger charge is -2.17. The average Bonchev–Trinajstić information content (AvgIpc) is 2.46. The molecule has 0 amide bonds. The number of aliphatic hydroxyl groups is 1. The number of rotatable bonds is 5. The van der Waals surface area contributed by atoms with Crippen LogP contribution < -0.4 is 9.47 Å². The summed E-state index contributed by atoms with van der Waals surface area (Å²) >= 11 is 3.45. The predicted octanol–water partition coefficient (Wildman–Crippen LogP) is 4.05. The van der Waals surface area contributed by atoms with E-state index in [4.69, 9.17) is 9.47 Å². The maximum atomic E-state index is 10.5. The van der Waals surface area contributed by atoms with Crippen molar-refractivity contribution >= 4 is 15.9 Å². The van der Waals surface area contributed by atoms with Gasteiger partial charge in [0.05, 0.1) is 20.3 Å². The van der Waals surface area contributed by atoms with Crippen LogP contribution in [0.2, 0.25) is 0 Å². The zero-order valence-electron chi connectivity index (χ0n) is 12.4. The van der Waals surface area contributed by atoms with Gasteiger partial charge in [0.1, 0.15) is 0 Å². The molecule has 112 valence electrons. The molecule has 2 aromatic rings. The van der Waals surface area contributed by atoms with Crippen LogP contribution in [0.1, 0.15) is 22.8 Å². The van der Waals surface area contributed by atoms with Crippen molar-refractivity contribution < 1.29 is 14.6 Å². The molecule has 1 unspecified atom stereocenters. The topological polar surface area (TPSA) is 38.7 Å². The fourth-order valence-corrected chi connectivity index (χ4v) is 2.80. The summed E-state index contributed by atoms with van der Waals surface area (Å²) in [4.78, 5) is 0. The molecule has 0 spiro atoms. The number of aliphatic hydroxyl groups excluding tert-OH is 1. The smallest absolute Gasteiger partial charge is 0.161 e. The van der Waals surface area contributed by atoms with E-state index in [0.717, 1.165) is 21.2 Å². The molecule has 2 aromatic carbocycles. The average molecular weight is 351 g/mol. The Hall–Kier alpha value is -1.52. The first-order valence-corrected chi connectivity index (χ1v) is 7.49. The van der Waals surface area contributed by atoms with Gasteiger partial charge in [0.2, 0.25) is 0 Å². The van der Waals surface area contributed by atoms with Crippen LogP contribution in [-0.2, 0) is 6.42 Å². The summed E-state index contributed by atoms with van der Waals surface area (Å²) in [5, 5.41) is 10.5. The van der Waals surface area contributed by atoms with Crippen LogP contribution in [0.3, 0.4) is 0 Å². The van der Waals surface area contributed by atoms with E-state index in [9.17, 15) is 5.11 Å². The van der Waals surface area contributed by atoms with Crippen LogP contribution in [0, 0.1) is 6.92 Å². The molecule has 0 heterocycles. The Kier molecular flexibility index (Phi) is 5.26. The SMILES string of the molecule is COc1cc(C)c(C(O)Cc2cccc(Br)c2)cc1OC. The molecule has 0 bridgehead atoms. The number of hydrogen-bond donors (Lipinski definition) is 1. The van der Waals surface area contributed by atoms with Crippen molar-refractivity contribution in [3.05, 3.63) is 57.6 Å². The van der Waals surface area contributed by atoms with Gasteiger partial charge >= 0.3 is 0 Å². The van der Waals surface area contributed by atoms with Crippen LogP contribution in [-0.4, -0.2) is 19.3 Å². The van der Waals surface area contributed by atoms with Crippen LogP contribution in [0.4, 0.5) is 0 Å². The normalized spacial score (nSPS) is 12.0. The van der Waals surface area contributed by atoms with Gasteiger partial charge in [0.25, 0.3) is 0 Å². The standard InChI is InChI=1S/C17H19BrO3/c1-11-7-16(20-2)17(21-3)10-14(11)15(19)9-12-5-4-6-13(18)8-12/h4-8,10,15,19H,9H2,1-3H3. The van der Waals surface area contributed by atoms with Crippen molar-refractivity contribution in [3.63, 3.8) is 0 Å². The summed E-state index contributed by atoms with van der Waals surface area (Å²) in [6.45, 7) is 1.96. The summed E-state index contributed by atoms with van der Waals surface area (Å²) in [5.41, 5.74) is 2.91. The molecule has 0 fully saturated rings. The molecular weight excluding hydrogens is 332 g/mol. The van der Waals surface area contributed by atoms with E-state index in [-0.39, 0.29) is 0 Å². The van der Waals surface area contributed by atoms with Crippen LogP contribution >= 0.6 is 15.9 Å². The van der Waals surface area contributed by atoms with Crippen molar-refractivity contribution in [1.29, 1.82) is 0 Å². The van der Waals surface area contributed by atoms with E-state index in [2.05, 4.69) is 15.9 Å². The first kappa shape index (κ1) is 15.9. The molecular formula is C17H19BrO3.